The van der Waals surface area contributed by atoms with Crippen LogP contribution in [0.2, 0.25) is 5.02 Å². The summed E-state index contributed by atoms with van der Waals surface area (Å²) in [6, 6.07) is 9.22. The minimum atomic E-state index is -0.569. The van der Waals surface area contributed by atoms with Crippen LogP contribution in [0.25, 0.3) is 10.9 Å². The van der Waals surface area contributed by atoms with Gasteiger partial charge in [0.05, 0.1) is 22.3 Å². The zero-order valence-electron chi connectivity index (χ0n) is 12.7. The van der Waals surface area contributed by atoms with Crippen molar-refractivity contribution < 1.29 is 9.18 Å². The number of aromatic nitrogens is 2. The molecule has 0 aliphatic heterocycles. The van der Waals surface area contributed by atoms with E-state index >= 15 is 0 Å². The van der Waals surface area contributed by atoms with Crippen LogP contribution in [0.15, 0.2) is 47.5 Å². The number of fused-ring (bicyclic) bond motifs is 1. The van der Waals surface area contributed by atoms with Crippen molar-refractivity contribution >= 4 is 34.1 Å². The van der Waals surface area contributed by atoms with Crippen LogP contribution in [0, 0.1) is 12.7 Å². The van der Waals surface area contributed by atoms with Gasteiger partial charge in [-0.1, -0.05) is 23.2 Å². The Bertz CT molecular complexity index is 1000. The number of halogens is 2. The lowest BCUT2D eigenvalue weighted by Gasteiger charge is -2.09. The average Bonchev–Trinajstić information content (AvgIpc) is 2.54. The van der Waals surface area contributed by atoms with Gasteiger partial charge >= 0.3 is 0 Å². The van der Waals surface area contributed by atoms with E-state index < -0.39 is 11.7 Å². The molecule has 0 aliphatic rings. The first-order valence-electron chi connectivity index (χ1n) is 7.15. The quantitative estimate of drug-likeness (QED) is 0.793. The Morgan fingerprint density at radius 3 is 2.83 bits per heavy atom. The molecule has 2 aromatic carbocycles. The van der Waals surface area contributed by atoms with Gasteiger partial charge in [-0.15, -0.1) is 0 Å². The van der Waals surface area contributed by atoms with E-state index in [0.29, 0.717) is 16.6 Å². The van der Waals surface area contributed by atoms with Gasteiger partial charge in [-0.05, 0) is 37.3 Å². The number of carbonyl (C=O) groups excluding carboxylic acids is 1. The van der Waals surface area contributed by atoms with Crippen LogP contribution in [0.3, 0.4) is 0 Å². The van der Waals surface area contributed by atoms with Gasteiger partial charge in [-0.2, -0.15) is 0 Å². The van der Waals surface area contributed by atoms with E-state index in [4.69, 9.17) is 11.6 Å². The Kier molecular flexibility index (Phi) is 4.31. The summed E-state index contributed by atoms with van der Waals surface area (Å²) in [4.78, 5) is 28.7. The lowest BCUT2D eigenvalue weighted by atomic mass is 10.2. The van der Waals surface area contributed by atoms with Crippen LogP contribution in [-0.4, -0.2) is 15.5 Å². The number of anilines is 1. The summed E-state index contributed by atoms with van der Waals surface area (Å²) >= 11 is 5.67. The van der Waals surface area contributed by atoms with Crippen LogP contribution >= 0.6 is 11.6 Å². The molecule has 3 rings (SSSR count). The maximum Gasteiger partial charge on any atom is 0.261 e. The van der Waals surface area contributed by atoms with Crippen molar-refractivity contribution in [1.29, 1.82) is 0 Å². The fourth-order valence-electron chi connectivity index (χ4n) is 2.31. The molecule has 1 N–H and O–H groups in total. The summed E-state index contributed by atoms with van der Waals surface area (Å²) in [7, 11) is 0. The summed E-state index contributed by atoms with van der Waals surface area (Å²) in [6.07, 6.45) is 1.33. The van der Waals surface area contributed by atoms with E-state index in [1.54, 1.807) is 12.1 Å². The topological polar surface area (TPSA) is 64.0 Å². The zero-order chi connectivity index (χ0) is 17.3. The number of hydrogen-bond donors (Lipinski definition) is 1. The summed E-state index contributed by atoms with van der Waals surface area (Å²) in [5.41, 5.74) is 1.57. The van der Waals surface area contributed by atoms with Crippen LogP contribution in [-0.2, 0) is 11.3 Å². The number of rotatable bonds is 3. The van der Waals surface area contributed by atoms with Crippen molar-refractivity contribution in [2.75, 3.05) is 5.32 Å². The van der Waals surface area contributed by atoms with Crippen LogP contribution in [0.1, 0.15) is 5.56 Å². The van der Waals surface area contributed by atoms with Gasteiger partial charge in [0, 0.05) is 5.69 Å². The Morgan fingerprint density at radius 1 is 1.29 bits per heavy atom. The maximum atomic E-state index is 13.1. The third kappa shape index (κ3) is 3.28. The zero-order valence-corrected chi connectivity index (χ0v) is 13.5. The molecule has 3 aromatic rings. The number of amides is 1. The van der Waals surface area contributed by atoms with Gasteiger partial charge in [0.25, 0.3) is 5.56 Å². The summed E-state index contributed by atoms with van der Waals surface area (Å²) in [6.45, 7) is 1.67. The predicted molar refractivity (Wildman–Crippen MR) is 90.8 cm³/mol. The smallest absolute Gasteiger partial charge is 0.261 e. The number of hydrogen-bond acceptors (Lipinski definition) is 3. The minimum absolute atomic E-state index is 0.0900. The normalized spacial score (nSPS) is 10.8. The molecule has 0 saturated heterocycles. The molecular formula is C17H13ClFN3O2. The highest BCUT2D eigenvalue weighted by atomic mass is 35.5. The fraction of sp³-hybridized carbons (Fsp3) is 0.118. The summed E-state index contributed by atoms with van der Waals surface area (Å²) in [5, 5.41) is 2.93. The molecule has 1 amide bonds. The number of benzene rings is 2. The summed E-state index contributed by atoms with van der Waals surface area (Å²) in [5.74, 6) is -1.01. The molecule has 0 spiro atoms. The van der Waals surface area contributed by atoms with E-state index in [2.05, 4.69) is 10.3 Å². The van der Waals surface area contributed by atoms with E-state index in [0.717, 1.165) is 11.6 Å². The van der Waals surface area contributed by atoms with Crippen LogP contribution in [0.5, 0.6) is 0 Å². The Labute approximate surface area is 141 Å². The molecule has 0 unspecified atom stereocenters. The number of nitrogens with zero attached hydrogens (tertiary/aromatic N) is 2. The molecule has 7 heteroatoms. The van der Waals surface area contributed by atoms with Gasteiger partial charge in [0.1, 0.15) is 12.4 Å². The minimum Gasteiger partial charge on any atom is -0.324 e. The third-order valence-electron chi connectivity index (χ3n) is 3.50. The average molecular weight is 346 g/mol. The molecule has 0 atom stereocenters. The van der Waals surface area contributed by atoms with E-state index in [1.165, 1.54) is 23.0 Å². The lowest BCUT2D eigenvalue weighted by molar-refractivity contribution is -0.116. The monoisotopic (exact) mass is 345 g/mol. The molecule has 1 aromatic heterocycles. The van der Waals surface area contributed by atoms with E-state index in [9.17, 15) is 14.0 Å². The highest BCUT2D eigenvalue weighted by molar-refractivity contribution is 6.31. The molecule has 1 heterocycles. The number of nitrogens with one attached hydrogen (secondary N) is 1. The largest absolute Gasteiger partial charge is 0.324 e. The molecule has 0 fully saturated rings. The van der Waals surface area contributed by atoms with Gasteiger partial charge in [-0.3, -0.25) is 14.2 Å². The first-order valence-corrected chi connectivity index (χ1v) is 7.52. The molecule has 0 aliphatic carbocycles. The molecule has 24 heavy (non-hydrogen) atoms. The van der Waals surface area contributed by atoms with E-state index in [1.807, 2.05) is 13.0 Å². The maximum absolute atomic E-state index is 13.1. The van der Waals surface area contributed by atoms with Crippen molar-refractivity contribution in [1.82, 2.24) is 9.55 Å². The highest BCUT2D eigenvalue weighted by Crippen LogP contribution is 2.19. The Hall–Kier alpha value is -2.73. The van der Waals surface area contributed by atoms with Gasteiger partial charge in [0.2, 0.25) is 5.91 Å². The van der Waals surface area contributed by atoms with Crippen molar-refractivity contribution in [3.63, 3.8) is 0 Å². The second kappa shape index (κ2) is 6.41. The van der Waals surface area contributed by atoms with Crippen molar-refractivity contribution in [3.05, 3.63) is 69.5 Å². The van der Waals surface area contributed by atoms with Gasteiger partial charge < -0.3 is 5.32 Å². The van der Waals surface area contributed by atoms with Crippen molar-refractivity contribution in [2.24, 2.45) is 0 Å². The van der Waals surface area contributed by atoms with Gasteiger partial charge in [-0.25, -0.2) is 9.37 Å². The first-order chi connectivity index (χ1) is 11.4. The van der Waals surface area contributed by atoms with Crippen LogP contribution in [0.4, 0.5) is 10.1 Å². The molecule has 0 saturated carbocycles. The predicted octanol–water partition coefficient (Wildman–Crippen LogP) is 3.14. The fourth-order valence-corrected chi connectivity index (χ4v) is 2.50. The van der Waals surface area contributed by atoms with Crippen molar-refractivity contribution in [3.8, 4) is 0 Å². The second-order valence-electron chi connectivity index (χ2n) is 5.38. The molecule has 5 nitrogen and oxygen atoms in total. The van der Waals surface area contributed by atoms with Crippen LogP contribution < -0.4 is 10.9 Å². The SMILES string of the molecule is Cc1ccc2ncn(CC(=O)Nc3ccc(F)c(Cl)c3)c(=O)c2c1. The lowest BCUT2D eigenvalue weighted by Crippen LogP contribution is -2.28. The first kappa shape index (κ1) is 16.1. The highest BCUT2D eigenvalue weighted by Gasteiger charge is 2.10. The molecule has 0 radical (unpaired) electrons. The number of aryl methyl sites for hydroxylation is 1. The molecule has 122 valence electrons. The molecular weight excluding hydrogens is 333 g/mol. The summed E-state index contributed by atoms with van der Waals surface area (Å²) < 4.78 is 14.3. The van der Waals surface area contributed by atoms with E-state index in [-0.39, 0.29) is 17.1 Å². The van der Waals surface area contributed by atoms with Crippen molar-refractivity contribution in [2.45, 2.75) is 13.5 Å². The van der Waals surface area contributed by atoms with Gasteiger partial charge in [0.15, 0.2) is 0 Å². The third-order valence-corrected chi connectivity index (χ3v) is 3.79. The second-order valence-corrected chi connectivity index (χ2v) is 5.78. The number of carbonyl (C=O) groups is 1. The Balaban J connectivity index is 1.84. The Morgan fingerprint density at radius 2 is 2.08 bits per heavy atom. The standard InChI is InChI=1S/C17H13ClFN3O2/c1-10-2-5-15-12(6-10)17(24)22(9-20-15)8-16(23)21-11-3-4-14(19)13(18)7-11/h2-7,9H,8H2,1H3,(H,21,23). The molecule has 0 bridgehead atoms.